The van der Waals surface area contributed by atoms with Gasteiger partial charge >= 0.3 is 0 Å². The summed E-state index contributed by atoms with van der Waals surface area (Å²) in [6.07, 6.45) is 1.73. The Labute approximate surface area is 169 Å². The Kier molecular flexibility index (Phi) is 4.73. The highest BCUT2D eigenvalue weighted by atomic mass is 79.9. The molecule has 0 aliphatic rings. The molecule has 0 spiro atoms. The van der Waals surface area contributed by atoms with Crippen molar-refractivity contribution in [2.24, 2.45) is 7.05 Å². The van der Waals surface area contributed by atoms with Gasteiger partial charge in [0.1, 0.15) is 0 Å². The number of halogens is 3. The summed E-state index contributed by atoms with van der Waals surface area (Å²) < 4.78 is 29.3. The Bertz CT molecular complexity index is 1150. The van der Waals surface area contributed by atoms with Crippen molar-refractivity contribution in [2.45, 2.75) is 0 Å². The molecular formula is C22H16BrF2N3. The minimum Gasteiger partial charge on any atom is -0.398 e. The van der Waals surface area contributed by atoms with Crippen LogP contribution in [0.4, 0.5) is 14.5 Å². The number of aromatic nitrogens is 2. The summed E-state index contributed by atoms with van der Waals surface area (Å²) in [4.78, 5) is 0. The van der Waals surface area contributed by atoms with Crippen molar-refractivity contribution < 1.29 is 8.78 Å². The van der Waals surface area contributed by atoms with Gasteiger partial charge in [0.2, 0.25) is 0 Å². The minimum absolute atomic E-state index is 0.618. The molecule has 0 saturated heterocycles. The van der Waals surface area contributed by atoms with E-state index < -0.39 is 11.6 Å². The van der Waals surface area contributed by atoms with E-state index in [0.717, 1.165) is 38.5 Å². The maximum atomic E-state index is 13.5. The molecule has 3 aromatic carbocycles. The molecule has 0 atom stereocenters. The molecule has 0 fully saturated rings. The molecule has 0 saturated carbocycles. The van der Waals surface area contributed by atoms with E-state index in [4.69, 9.17) is 5.73 Å². The third-order valence-electron chi connectivity index (χ3n) is 4.68. The third-order valence-corrected chi connectivity index (χ3v) is 5.26. The number of nitrogens with zero attached hydrogens (tertiary/aromatic N) is 2. The molecule has 0 aliphatic carbocycles. The van der Waals surface area contributed by atoms with E-state index in [0.29, 0.717) is 11.3 Å². The monoisotopic (exact) mass is 439 g/mol. The van der Waals surface area contributed by atoms with Crippen LogP contribution >= 0.6 is 15.9 Å². The van der Waals surface area contributed by atoms with Crippen molar-refractivity contribution in [3.8, 4) is 33.5 Å². The van der Waals surface area contributed by atoms with Crippen LogP contribution in [0.2, 0.25) is 0 Å². The first kappa shape index (κ1) is 18.4. The fourth-order valence-corrected chi connectivity index (χ4v) is 3.83. The predicted octanol–water partition coefficient (Wildman–Crippen LogP) is 6.04. The fraction of sp³-hybridized carbons (Fsp3) is 0.0455. The van der Waals surface area contributed by atoms with Crippen molar-refractivity contribution >= 4 is 21.6 Å². The predicted molar refractivity (Wildman–Crippen MR) is 112 cm³/mol. The maximum Gasteiger partial charge on any atom is 0.159 e. The van der Waals surface area contributed by atoms with Crippen LogP contribution in [0.1, 0.15) is 0 Å². The molecule has 4 rings (SSSR count). The maximum absolute atomic E-state index is 13.5. The number of nitrogen functional groups attached to an aromatic ring is 1. The Morgan fingerprint density at radius 2 is 1.57 bits per heavy atom. The quantitative estimate of drug-likeness (QED) is 0.395. The highest BCUT2D eigenvalue weighted by Crippen LogP contribution is 2.40. The standard InChI is InChI=1S/C22H16BrF2N3/c1-28-22(17(23)12-27-28)21-16(3-2-4-20(21)26)14-7-5-13(6-8-14)15-9-10-18(24)19(25)11-15/h2-12H,26H2,1H3. The summed E-state index contributed by atoms with van der Waals surface area (Å²) in [6.45, 7) is 0. The van der Waals surface area contributed by atoms with Crippen molar-refractivity contribution in [3.05, 3.63) is 83.0 Å². The smallest absolute Gasteiger partial charge is 0.159 e. The van der Waals surface area contributed by atoms with Crippen LogP contribution in [0.5, 0.6) is 0 Å². The van der Waals surface area contributed by atoms with Gasteiger partial charge in [-0.2, -0.15) is 5.10 Å². The second-order valence-electron chi connectivity index (χ2n) is 6.44. The van der Waals surface area contributed by atoms with Gasteiger partial charge in [-0.05, 0) is 56.4 Å². The van der Waals surface area contributed by atoms with Crippen LogP contribution in [0.3, 0.4) is 0 Å². The van der Waals surface area contributed by atoms with E-state index in [1.807, 2.05) is 49.5 Å². The Morgan fingerprint density at radius 3 is 2.21 bits per heavy atom. The Balaban J connectivity index is 1.81. The molecule has 1 aromatic heterocycles. The molecule has 6 heteroatoms. The number of benzene rings is 3. The topological polar surface area (TPSA) is 43.8 Å². The Morgan fingerprint density at radius 1 is 0.893 bits per heavy atom. The summed E-state index contributed by atoms with van der Waals surface area (Å²) in [5, 5.41) is 4.29. The van der Waals surface area contributed by atoms with Crippen molar-refractivity contribution in [1.82, 2.24) is 9.78 Å². The molecule has 1 heterocycles. The van der Waals surface area contributed by atoms with Crippen LogP contribution in [-0.2, 0) is 7.05 Å². The van der Waals surface area contributed by atoms with Gasteiger partial charge in [0, 0.05) is 18.3 Å². The first-order chi connectivity index (χ1) is 13.5. The van der Waals surface area contributed by atoms with Gasteiger partial charge in [0.15, 0.2) is 11.6 Å². The number of nitrogens with two attached hydrogens (primary N) is 1. The second kappa shape index (κ2) is 7.20. The number of rotatable bonds is 3. The third kappa shape index (κ3) is 3.20. The average molecular weight is 440 g/mol. The van der Waals surface area contributed by atoms with Gasteiger partial charge in [-0.25, -0.2) is 8.78 Å². The van der Waals surface area contributed by atoms with Crippen LogP contribution < -0.4 is 5.73 Å². The number of hydrogen-bond donors (Lipinski definition) is 1. The first-order valence-electron chi connectivity index (χ1n) is 8.58. The van der Waals surface area contributed by atoms with Gasteiger partial charge in [0.05, 0.1) is 16.4 Å². The van der Waals surface area contributed by atoms with Crippen molar-refractivity contribution in [1.29, 1.82) is 0 Å². The zero-order chi connectivity index (χ0) is 19.8. The van der Waals surface area contributed by atoms with E-state index in [-0.39, 0.29) is 0 Å². The molecule has 28 heavy (non-hydrogen) atoms. The van der Waals surface area contributed by atoms with Gasteiger partial charge in [-0.1, -0.05) is 42.5 Å². The molecule has 0 amide bonds. The average Bonchev–Trinajstić information content (AvgIpc) is 3.02. The second-order valence-corrected chi connectivity index (χ2v) is 7.30. The normalized spacial score (nSPS) is 11.0. The van der Waals surface area contributed by atoms with E-state index in [2.05, 4.69) is 21.0 Å². The van der Waals surface area contributed by atoms with Gasteiger partial charge in [0.25, 0.3) is 0 Å². The number of anilines is 1. The van der Waals surface area contributed by atoms with Crippen LogP contribution in [0, 0.1) is 11.6 Å². The van der Waals surface area contributed by atoms with Crippen molar-refractivity contribution in [2.75, 3.05) is 5.73 Å². The van der Waals surface area contributed by atoms with E-state index in [1.54, 1.807) is 16.9 Å². The SMILES string of the molecule is Cn1ncc(Br)c1-c1c(N)cccc1-c1ccc(-c2ccc(F)c(F)c2)cc1. The zero-order valence-corrected chi connectivity index (χ0v) is 16.5. The molecule has 0 bridgehead atoms. The summed E-state index contributed by atoms with van der Waals surface area (Å²) in [7, 11) is 1.86. The molecule has 0 unspecified atom stereocenters. The van der Waals surface area contributed by atoms with Crippen LogP contribution in [0.15, 0.2) is 71.3 Å². The van der Waals surface area contributed by atoms with E-state index >= 15 is 0 Å². The summed E-state index contributed by atoms with van der Waals surface area (Å²) in [5.41, 5.74) is 12.1. The Hall–Kier alpha value is -2.99. The van der Waals surface area contributed by atoms with Gasteiger partial charge in [-0.15, -0.1) is 0 Å². The van der Waals surface area contributed by atoms with Crippen LogP contribution in [-0.4, -0.2) is 9.78 Å². The van der Waals surface area contributed by atoms with E-state index in [1.165, 1.54) is 6.07 Å². The molecule has 0 aliphatic heterocycles. The molecule has 3 nitrogen and oxygen atoms in total. The summed E-state index contributed by atoms with van der Waals surface area (Å²) >= 11 is 3.54. The summed E-state index contributed by atoms with van der Waals surface area (Å²) in [6, 6.07) is 17.3. The molecule has 0 radical (unpaired) electrons. The lowest BCUT2D eigenvalue weighted by Gasteiger charge is -2.14. The summed E-state index contributed by atoms with van der Waals surface area (Å²) in [5.74, 6) is -1.72. The van der Waals surface area contributed by atoms with Gasteiger partial charge in [-0.3, -0.25) is 4.68 Å². The fourth-order valence-electron chi connectivity index (χ4n) is 3.28. The zero-order valence-electron chi connectivity index (χ0n) is 15.0. The first-order valence-corrected chi connectivity index (χ1v) is 9.37. The van der Waals surface area contributed by atoms with E-state index in [9.17, 15) is 8.78 Å². The lowest BCUT2D eigenvalue weighted by Crippen LogP contribution is -1.99. The highest BCUT2D eigenvalue weighted by Gasteiger charge is 2.17. The highest BCUT2D eigenvalue weighted by molar-refractivity contribution is 9.10. The number of hydrogen-bond acceptors (Lipinski definition) is 2. The number of aryl methyl sites for hydroxylation is 1. The largest absolute Gasteiger partial charge is 0.398 e. The minimum atomic E-state index is -0.860. The molecule has 2 N–H and O–H groups in total. The van der Waals surface area contributed by atoms with Crippen LogP contribution in [0.25, 0.3) is 33.5 Å². The molecule has 140 valence electrons. The van der Waals surface area contributed by atoms with Gasteiger partial charge < -0.3 is 5.73 Å². The lowest BCUT2D eigenvalue weighted by molar-refractivity contribution is 0.509. The molecule has 4 aromatic rings. The molecular weight excluding hydrogens is 424 g/mol. The lowest BCUT2D eigenvalue weighted by atomic mass is 9.94. The van der Waals surface area contributed by atoms with Crippen molar-refractivity contribution in [3.63, 3.8) is 0 Å².